The van der Waals surface area contributed by atoms with Gasteiger partial charge in [-0.3, -0.25) is 9.59 Å². The fraction of sp³-hybridized carbons (Fsp3) is 0.615. The number of amides is 2. The van der Waals surface area contributed by atoms with Gasteiger partial charge in [-0.15, -0.1) is 0 Å². The quantitative estimate of drug-likeness (QED) is 0.676. The Morgan fingerprint density at radius 2 is 1.91 bits per heavy atom. The Kier molecular flexibility index (Phi) is 7.38. The second kappa shape index (κ2) is 10.4. The first-order valence-electron chi connectivity index (χ1n) is 12.3. The van der Waals surface area contributed by atoms with Crippen LogP contribution in [0.2, 0.25) is 0 Å². The first-order chi connectivity index (χ1) is 15.5. The molecule has 1 saturated heterocycles. The van der Waals surface area contributed by atoms with Crippen LogP contribution in [0.3, 0.4) is 0 Å². The van der Waals surface area contributed by atoms with E-state index in [1.807, 2.05) is 30.0 Å². The van der Waals surface area contributed by atoms with E-state index in [1.54, 1.807) is 6.08 Å². The van der Waals surface area contributed by atoms with Crippen LogP contribution < -0.4 is 14.8 Å². The fourth-order valence-electron chi connectivity index (χ4n) is 5.06. The summed E-state index contributed by atoms with van der Waals surface area (Å²) in [6, 6.07) is 4.19. The molecule has 32 heavy (non-hydrogen) atoms. The van der Waals surface area contributed by atoms with Gasteiger partial charge in [-0.25, -0.2) is 0 Å². The summed E-state index contributed by atoms with van der Waals surface area (Å²) in [6.45, 7) is 5.93. The smallest absolute Gasteiger partial charge is 0.246 e. The molecule has 0 bridgehead atoms. The van der Waals surface area contributed by atoms with Crippen molar-refractivity contribution in [1.29, 1.82) is 0 Å². The predicted octanol–water partition coefficient (Wildman–Crippen LogP) is 4.11. The minimum atomic E-state index is -0.000657. The maximum absolute atomic E-state index is 12.8. The summed E-state index contributed by atoms with van der Waals surface area (Å²) in [4.78, 5) is 27.2. The van der Waals surface area contributed by atoms with Crippen molar-refractivity contribution in [3.8, 4) is 11.5 Å². The summed E-state index contributed by atoms with van der Waals surface area (Å²) in [6.07, 6.45) is 11.7. The van der Waals surface area contributed by atoms with E-state index in [0.717, 1.165) is 67.6 Å². The lowest BCUT2D eigenvalue weighted by Gasteiger charge is -2.33. The highest BCUT2D eigenvalue weighted by Crippen LogP contribution is 2.35. The van der Waals surface area contributed by atoms with Gasteiger partial charge in [-0.05, 0) is 57.7 Å². The normalized spacial score (nSPS) is 21.9. The van der Waals surface area contributed by atoms with E-state index < -0.39 is 0 Å². The largest absolute Gasteiger partial charge is 0.493 e. The molecule has 1 aliphatic carbocycles. The molecule has 1 aromatic rings. The number of fused-ring (bicyclic) bond motifs is 1. The second-order valence-corrected chi connectivity index (χ2v) is 9.34. The molecule has 1 atom stereocenters. The Morgan fingerprint density at radius 3 is 2.62 bits per heavy atom. The van der Waals surface area contributed by atoms with Crippen LogP contribution in [-0.4, -0.2) is 48.6 Å². The van der Waals surface area contributed by atoms with Gasteiger partial charge in [0, 0.05) is 48.7 Å². The molecule has 2 fully saturated rings. The van der Waals surface area contributed by atoms with Crippen molar-refractivity contribution >= 4 is 17.9 Å². The zero-order chi connectivity index (χ0) is 22.5. The molecule has 2 aliphatic heterocycles. The molecule has 1 aromatic carbocycles. The monoisotopic (exact) mass is 440 g/mol. The van der Waals surface area contributed by atoms with Gasteiger partial charge in [0.25, 0.3) is 0 Å². The van der Waals surface area contributed by atoms with E-state index in [1.165, 1.54) is 6.42 Å². The van der Waals surface area contributed by atoms with Gasteiger partial charge in [0.15, 0.2) is 0 Å². The SMILES string of the molecule is CCOc1cc2c(cc1/C=C/C(=O)N1CCC(NC(=O)C3CCCCC3)CC1)OC(C)C2. The Balaban J connectivity index is 1.31. The Labute approximate surface area is 191 Å². The molecular weight excluding hydrogens is 404 g/mol. The Hall–Kier alpha value is -2.50. The van der Waals surface area contributed by atoms with Crippen LogP contribution in [0.15, 0.2) is 18.2 Å². The molecular formula is C26H36N2O4. The molecule has 1 saturated carbocycles. The van der Waals surface area contributed by atoms with Crippen molar-refractivity contribution < 1.29 is 19.1 Å². The summed E-state index contributed by atoms with van der Waals surface area (Å²) >= 11 is 0. The number of likely N-dealkylation sites (tertiary alicyclic amines) is 1. The van der Waals surface area contributed by atoms with Crippen LogP contribution >= 0.6 is 0 Å². The van der Waals surface area contributed by atoms with Crippen LogP contribution in [0.1, 0.15) is 69.9 Å². The summed E-state index contributed by atoms with van der Waals surface area (Å²) in [5.74, 6) is 2.06. The van der Waals surface area contributed by atoms with Crippen LogP contribution in [-0.2, 0) is 16.0 Å². The van der Waals surface area contributed by atoms with Crippen molar-refractivity contribution in [2.45, 2.75) is 77.4 Å². The first-order valence-corrected chi connectivity index (χ1v) is 12.3. The van der Waals surface area contributed by atoms with Gasteiger partial charge in [0.05, 0.1) is 6.61 Å². The average Bonchev–Trinajstić information content (AvgIpc) is 3.17. The van der Waals surface area contributed by atoms with Crippen molar-refractivity contribution in [1.82, 2.24) is 10.2 Å². The van der Waals surface area contributed by atoms with Crippen LogP contribution in [0.25, 0.3) is 6.08 Å². The van der Waals surface area contributed by atoms with Crippen LogP contribution in [0.4, 0.5) is 0 Å². The molecule has 2 amide bonds. The highest BCUT2D eigenvalue weighted by molar-refractivity contribution is 5.92. The van der Waals surface area contributed by atoms with Gasteiger partial charge in [0.1, 0.15) is 17.6 Å². The van der Waals surface area contributed by atoms with Crippen molar-refractivity contribution in [3.05, 3.63) is 29.3 Å². The number of rotatable bonds is 6. The van der Waals surface area contributed by atoms with Gasteiger partial charge in [0.2, 0.25) is 11.8 Å². The molecule has 0 radical (unpaired) electrons. The highest BCUT2D eigenvalue weighted by Gasteiger charge is 2.27. The van der Waals surface area contributed by atoms with Gasteiger partial charge >= 0.3 is 0 Å². The number of nitrogens with one attached hydrogen (secondary N) is 1. The van der Waals surface area contributed by atoms with E-state index in [-0.39, 0.29) is 29.9 Å². The third kappa shape index (κ3) is 5.45. The van der Waals surface area contributed by atoms with Crippen LogP contribution in [0, 0.1) is 5.92 Å². The van der Waals surface area contributed by atoms with E-state index in [2.05, 4.69) is 12.2 Å². The van der Waals surface area contributed by atoms with E-state index in [9.17, 15) is 9.59 Å². The lowest BCUT2D eigenvalue weighted by Crippen LogP contribution is -2.47. The van der Waals surface area contributed by atoms with E-state index in [4.69, 9.17) is 9.47 Å². The first kappa shape index (κ1) is 22.7. The molecule has 6 nitrogen and oxygen atoms in total. The highest BCUT2D eigenvalue weighted by atomic mass is 16.5. The number of nitrogens with zero attached hydrogens (tertiary/aromatic N) is 1. The molecule has 0 aromatic heterocycles. The number of hydrogen-bond donors (Lipinski definition) is 1. The van der Waals surface area contributed by atoms with Crippen LogP contribution in [0.5, 0.6) is 11.5 Å². The zero-order valence-electron chi connectivity index (χ0n) is 19.4. The molecule has 0 spiro atoms. The van der Waals surface area contributed by atoms with Gasteiger partial charge in [-0.2, -0.15) is 0 Å². The number of ether oxygens (including phenoxy) is 2. The molecule has 3 aliphatic rings. The summed E-state index contributed by atoms with van der Waals surface area (Å²) in [5, 5.41) is 3.23. The Bertz CT molecular complexity index is 852. The van der Waals surface area contributed by atoms with Crippen molar-refractivity contribution in [3.63, 3.8) is 0 Å². The molecule has 1 unspecified atom stereocenters. The minimum absolute atomic E-state index is 0.000657. The second-order valence-electron chi connectivity index (χ2n) is 9.34. The number of piperidine rings is 1. The number of carbonyl (C=O) groups is 2. The van der Waals surface area contributed by atoms with Gasteiger partial charge in [-0.1, -0.05) is 19.3 Å². The standard InChI is InChI=1S/C26H36N2O4/c1-3-31-23-17-21-15-18(2)32-24(21)16-20(23)9-10-25(29)28-13-11-22(12-14-28)27-26(30)19-7-5-4-6-8-19/h9-10,16-19,22H,3-8,11-15H2,1-2H3,(H,27,30)/b10-9+. The lowest BCUT2D eigenvalue weighted by molar-refractivity contribution is -0.128. The van der Waals surface area contributed by atoms with E-state index >= 15 is 0 Å². The molecule has 174 valence electrons. The molecule has 6 heteroatoms. The summed E-state index contributed by atoms with van der Waals surface area (Å²) in [7, 11) is 0. The maximum Gasteiger partial charge on any atom is 0.246 e. The number of benzene rings is 1. The maximum atomic E-state index is 12.8. The third-order valence-corrected chi connectivity index (χ3v) is 6.86. The van der Waals surface area contributed by atoms with E-state index in [0.29, 0.717) is 19.7 Å². The zero-order valence-corrected chi connectivity index (χ0v) is 19.4. The van der Waals surface area contributed by atoms with Crippen molar-refractivity contribution in [2.75, 3.05) is 19.7 Å². The average molecular weight is 441 g/mol. The van der Waals surface area contributed by atoms with Gasteiger partial charge < -0.3 is 19.7 Å². The minimum Gasteiger partial charge on any atom is -0.493 e. The molecule has 2 heterocycles. The van der Waals surface area contributed by atoms with Crippen molar-refractivity contribution in [2.24, 2.45) is 5.92 Å². The lowest BCUT2D eigenvalue weighted by atomic mass is 9.88. The molecule has 1 N–H and O–H groups in total. The summed E-state index contributed by atoms with van der Waals surface area (Å²) in [5.41, 5.74) is 2.02. The third-order valence-electron chi connectivity index (χ3n) is 6.86. The fourth-order valence-corrected chi connectivity index (χ4v) is 5.06. The predicted molar refractivity (Wildman–Crippen MR) is 125 cm³/mol. The number of carbonyl (C=O) groups excluding carboxylic acids is 2. The topological polar surface area (TPSA) is 67.9 Å². The molecule has 4 rings (SSSR count). The Morgan fingerprint density at radius 1 is 1.16 bits per heavy atom. The number of hydrogen-bond acceptors (Lipinski definition) is 4. The summed E-state index contributed by atoms with van der Waals surface area (Å²) < 4.78 is 11.7.